The van der Waals surface area contributed by atoms with Crippen LogP contribution in [0.5, 0.6) is 0 Å². The molecule has 31 heavy (non-hydrogen) atoms. The number of benzene rings is 1. The second kappa shape index (κ2) is 8.65. The average molecular weight is 420 g/mol. The maximum atomic E-state index is 12.6. The molecule has 1 amide bonds. The molecular formula is C24H29N5O2. The van der Waals surface area contributed by atoms with E-state index in [2.05, 4.69) is 22.0 Å². The zero-order chi connectivity index (χ0) is 21.2. The second-order valence-corrected chi connectivity index (χ2v) is 8.58. The van der Waals surface area contributed by atoms with Crippen LogP contribution in [-0.2, 0) is 11.2 Å². The molecular weight excluding hydrogens is 390 g/mol. The fraction of sp³-hybridized carbons (Fsp3) is 0.500. The third-order valence-electron chi connectivity index (χ3n) is 6.20. The molecule has 1 aliphatic carbocycles. The second-order valence-electron chi connectivity index (χ2n) is 8.58. The topological polar surface area (TPSA) is 75.4 Å². The summed E-state index contributed by atoms with van der Waals surface area (Å²) < 4.78 is 5.69. The molecule has 1 saturated carbocycles. The van der Waals surface area contributed by atoms with Crippen molar-refractivity contribution in [2.45, 2.75) is 45.4 Å². The van der Waals surface area contributed by atoms with Gasteiger partial charge in [0.2, 0.25) is 5.91 Å². The summed E-state index contributed by atoms with van der Waals surface area (Å²) in [6.45, 7) is 5.33. The summed E-state index contributed by atoms with van der Waals surface area (Å²) in [4.78, 5) is 26.6. The average Bonchev–Trinajstić information content (AvgIpc) is 3.60. The molecule has 0 unspecified atom stereocenters. The third kappa shape index (κ3) is 4.13. The molecule has 7 heteroatoms. The van der Waals surface area contributed by atoms with E-state index in [1.165, 1.54) is 0 Å². The van der Waals surface area contributed by atoms with Crippen molar-refractivity contribution >= 4 is 22.8 Å². The van der Waals surface area contributed by atoms with E-state index in [1.807, 2.05) is 35.2 Å². The lowest BCUT2D eigenvalue weighted by Gasteiger charge is -2.24. The predicted molar refractivity (Wildman–Crippen MR) is 120 cm³/mol. The Morgan fingerprint density at radius 1 is 1.10 bits per heavy atom. The van der Waals surface area contributed by atoms with Crippen molar-refractivity contribution in [1.29, 1.82) is 0 Å². The lowest BCUT2D eigenvalue weighted by molar-refractivity contribution is -0.132. The number of carbonyl (C=O) groups excluding carboxylic acids is 1. The summed E-state index contributed by atoms with van der Waals surface area (Å²) >= 11 is 0. The van der Waals surface area contributed by atoms with Crippen LogP contribution in [0, 0.1) is 5.92 Å². The molecule has 0 bridgehead atoms. The molecule has 2 aliphatic rings. The smallest absolute Gasteiger partial charge is 0.263 e. The fourth-order valence-electron chi connectivity index (χ4n) is 4.29. The molecule has 1 saturated heterocycles. The van der Waals surface area contributed by atoms with Gasteiger partial charge in [0.1, 0.15) is 22.7 Å². The highest BCUT2D eigenvalue weighted by atomic mass is 16.5. The first-order valence-corrected chi connectivity index (χ1v) is 11.5. The summed E-state index contributed by atoms with van der Waals surface area (Å²) in [6.07, 6.45) is 5.97. The minimum absolute atomic E-state index is 0.265. The highest BCUT2D eigenvalue weighted by Crippen LogP contribution is 2.35. The van der Waals surface area contributed by atoms with Gasteiger partial charge >= 0.3 is 0 Å². The molecule has 5 rings (SSSR count). The van der Waals surface area contributed by atoms with Crippen molar-refractivity contribution in [1.82, 2.24) is 20.0 Å². The van der Waals surface area contributed by atoms with Crippen LogP contribution in [-0.4, -0.2) is 52.1 Å². The number of fused-ring (bicyclic) bond motifs is 1. The van der Waals surface area contributed by atoms with Crippen molar-refractivity contribution in [3.8, 4) is 11.3 Å². The number of aryl methyl sites for hydroxylation is 1. The van der Waals surface area contributed by atoms with Gasteiger partial charge in [0.15, 0.2) is 0 Å². The largest absolute Gasteiger partial charge is 0.354 e. The Hall–Kier alpha value is -2.96. The number of amides is 1. The molecule has 0 N–H and O–H groups in total. The van der Waals surface area contributed by atoms with E-state index in [0.717, 1.165) is 93.0 Å². The van der Waals surface area contributed by atoms with Crippen LogP contribution in [0.1, 0.15) is 44.9 Å². The number of anilines is 1. The lowest BCUT2D eigenvalue weighted by Crippen LogP contribution is -2.36. The first-order chi connectivity index (χ1) is 15.2. The first kappa shape index (κ1) is 20.0. The van der Waals surface area contributed by atoms with Crippen molar-refractivity contribution in [3.05, 3.63) is 36.2 Å². The molecule has 0 atom stereocenters. The number of rotatable bonds is 6. The van der Waals surface area contributed by atoms with Crippen molar-refractivity contribution in [2.75, 3.05) is 31.1 Å². The summed E-state index contributed by atoms with van der Waals surface area (Å²) in [5.74, 6) is 2.28. The fourth-order valence-corrected chi connectivity index (χ4v) is 4.29. The van der Waals surface area contributed by atoms with E-state index in [0.29, 0.717) is 11.6 Å². The number of carbonyl (C=O) groups is 1. The standard InChI is InChI=1S/C24H29N5O2/c1-2-3-10-19-25-22(28-13-7-14-29(16-15-28)24(30)18-11-12-18)20-21(27-31-23(20)26-19)17-8-5-4-6-9-17/h4-6,8-9,18H,2-3,7,10-16H2,1H3. The Morgan fingerprint density at radius 3 is 2.71 bits per heavy atom. The van der Waals surface area contributed by atoms with E-state index in [9.17, 15) is 4.79 Å². The minimum Gasteiger partial charge on any atom is -0.354 e. The first-order valence-electron chi connectivity index (χ1n) is 11.5. The minimum atomic E-state index is 0.265. The molecule has 2 fully saturated rings. The molecule has 7 nitrogen and oxygen atoms in total. The lowest BCUT2D eigenvalue weighted by atomic mass is 10.1. The maximum Gasteiger partial charge on any atom is 0.263 e. The van der Waals surface area contributed by atoms with Gasteiger partial charge in [-0.05, 0) is 25.7 Å². The Bertz CT molecular complexity index is 1060. The van der Waals surface area contributed by atoms with Crippen molar-refractivity contribution in [2.24, 2.45) is 5.92 Å². The predicted octanol–water partition coefficient (Wildman–Crippen LogP) is 4.08. The van der Waals surface area contributed by atoms with Gasteiger partial charge in [-0.3, -0.25) is 4.79 Å². The highest BCUT2D eigenvalue weighted by Gasteiger charge is 2.34. The van der Waals surface area contributed by atoms with Gasteiger partial charge in [-0.15, -0.1) is 0 Å². The normalized spacial score (nSPS) is 17.2. The zero-order valence-corrected chi connectivity index (χ0v) is 18.1. The van der Waals surface area contributed by atoms with Crippen LogP contribution in [0.15, 0.2) is 34.9 Å². The van der Waals surface area contributed by atoms with E-state index in [1.54, 1.807) is 0 Å². The van der Waals surface area contributed by atoms with Gasteiger partial charge in [-0.2, -0.15) is 4.98 Å². The van der Waals surface area contributed by atoms with Crippen LogP contribution < -0.4 is 4.90 Å². The highest BCUT2D eigenvalue weighted by molar-refractivity contribution is 5.98. The Balaban J connectivity index is 1.52. The number of unbranched alkanes of at least 4 members (excludes halogenated alkanes) is 1. The Morgan fingerprint density at radius 2 is 1.94 bits per heavy atom. The van der Waals surface area contributed by atoms with Crippen LogP contribution >= 0.6 is 0 Å². The SMILES string of the molecule is CCCCc1nc(N2CCCN(C(=O)C3CC3)CC2)c2c(-c3ccccc3)noc2n1. The van der Waals surface area contributed by atoms with Gasteiger partial charge < -0.3 is 14.3 Å². The van der Waals surface area contributed by atoms with E-state index >= 15 is 0 Å². The number of hydrogen-bond acceptors (Lipinski definition) is 6. The van der Waals surface area contributed by atoms with Crippen molar-refractivity contribution < 1.29 is 9.32 Å². The summed E-state index contributed by atoms with van der Waals surface area (Å²) in [5, 5.41) is 5.24. The quantitative estimate of drug-likeness (QED) is 0.599. The van der Waals surface area contributed by atoms with Crippen LogP contribution in [0.2, 0.25) is 0 Å². The monoisotopic (exact) mass is 419 g/mol. The van der Waals surface area contributed by atoms with Crippen LogP contribution in [0.25, 0.3) is 22.4 Å². The third-order valence-corrected chi connectivity index (χ3v) is 6.20. The van der Waals surface area contributed by atoms with Gasteiger partial charge in [0, 0.05) is 44.1 Å². The molecule has 3 aromatic rings. The van der Waals surface area contributed by atoms with E-state index < -0.39 is 0 Å². The molecule has 1 aromatic carbocycles. The Labute approximate surface area is 182 Å². The van der Waals surface area contributed by atoms with Crippen molar-refractivity contribution in [3.63, 3.8) is 0 Å². The maximum absolute atomic E-state index is 12.6. The van der Waals surface area contributed by atoms with Gasteiger partial charge in [0.05, 0.1) is 0 Å². The number of nitrogens with zero attached hydrogens (tertiary/aromatic N) is 5. The van der Waals surface area contributed by atoms with E-state index in [-0.39, 0.29) is 5.92 Å². The van der Waals surface area contributed by atoms with Crippen LogP contribution in [0.3, 0.4) is 0 Å². The molecule has 0 radical (unpaired) electrons. The summed E-state index contributed by atoms with van der Waals surface area (Å²) in [6, 6.07) is 10.1. The zero-order valence-electron chi connectivity index (χ0n) is 18.1. The number of aromatic nitrogens is 3. The Kier molecular flexibility index (Phi) is 5.57. The summed E-state index contributed by atoms with van der Waals surface area (Å²) in [7, 11) is 0. The molecule has 1 aliphatic heterocycles. The van der Waals surface area contributed by atoms with E-state index in [4.69, 9.17) is 9.51 Å². The molecule has 162 valence electrons. The number of hydrogen-bond donors (Lipinski definition) is 0. The van der Waals surface area contributed by atoms with Gasteiger partial charge in [-0.25, -0.2) is 4.98 Å². The van der Waals surface area contributed by atoms with Gasteiger partial charge in [-0.1, -0.05) is 48.8 Å². The molecule has 0 spiro atoms. The molecule has 3 heterocycles. The van der Waals surface area contributed by atoms with Crippen LogP contribution in [0.4, 0.5) is 5.82 Å². The molecule has 2 aromatic heterocycles. The summed E-state index contributed by atoms with van der Waals surface area (Å²) in [5.41, 5.74) is 2.32. The van der Waals surface area contributed by atoms with Gasteiger partial charge in [0.25, 0.3) is 5.71 Å².